The molecule has 0 unspecified atom stereocenters. The summed E-state index contributed by atoms with van der Waals surface area (Å²) in [6, 6.07) is 16.6. The maximum Gasteiger partial charge on any atom is 0.243 e. The predicted octanol–water partition coefficient (Wildman–Crippen LogP) is 4.22. The van der Waals surface area contributed by atoms with Crippen LogP contribution < -0.4 is 5.32 Å². The van der Waals surface area contributed by atoms with Gasteiger partial charge in [0.25, 0.3) is 0 Å². The van der Waals surface area contributed by atoms with Gasteiger partial charge >= 0.3 is 0 Å². The van der Waals surface area contributed by atoms with E-state index < -0.39 is 6.04 Å². The molecule has 0 saturated carbocycles. The molecule has 0 spiro atoms. The van der Waals surface area contributed by atoms with Gasteiger partial charge in [0.1, 0.15) is 6.04 Å². The molecule has 2 aromatic rings. The fourth-order valence-corrected chi connectivity index (χ4v) is 3.04. The zero-order valence-electron chi connectivity index (χ0n) is 16.0. The lowest BCUT2D eigenvalue weighted by atomic mass is 10.0. The number of carbonyl (C=O) groups excluding carboxylic acids is 2. The number of carbonyl (C=O) groups is 2. The van der Waals surface area contributed by atoms with E-state index in [-0.39, 0.29) is 11.8 Å². The van der Waals surface area contributed by atoms with Gasteiger partial charge in [0, 0.05) is 31.0 Å². The molecule has 0 aliphatic carbocycles. The van der Waals surface area contributed by atoms with Crippen molar-refractivity contribution >= 4 is 23.4 Å². The normalized spacial score (nSPS) is 11.7. The number of benzene rings is 2. The highest BCUT2D eigenvalue weighted by Gasteiger charge is 2.29. The first-order valence-electron chi connectivity index (χ1n) is 9.40. The molecule has 2 amide bonds. The van der Waals surface area contributed by atoms with Crippen molar-refractivity contribution in [3.05, 3.63) is 70.7 Å². The predicted molar refractivity (Wildman–Crippen MR) is 110 cm³/mol. The van der Waals surface area contributed by atoms with Crippen molar-refractivity contribution in [3.8, 4) is 0 Å². The second kappa shape index (κ2) is 10.7. The number of hydrogen-bond acceptors (Lipinski definition) is 2. The second-order valence-electron chi connectivity index (χ2n) is 6.50. The van der Waals surface area contributed by atoms with Crippen molar-refractivity contribution < 1.29 is 9.59 Å². The first-order valence-corrected chi connectivity index (χ1v) is 9.78. The van der Waals surface area contributed by atoms with Gasteiger partial charge in [0.2, 0.25) is 11.8 Å². The Morgan fingerprint density at radius 3 is 2.26 bits per heavy atom. The van der Waals surface area contributed by atoms with E-state index in [1.165, 1.54) is 0 Å². The number of nitrogens with zero attached hydrogens (tertiary/aromatic N) is 1. The highest BCUT2D eigenvalue weighted by atomic mass is 35.5. The minimum absolute atomic E-state index is 0.0440. The molecule has 0 fully saturated rings. The molecule has 0 aliphatic heterocycles. The molecule has 27 heavy (non-hydrogen) atoms. The third kappa shape index (κ3) is 6.40. The Balaban J connectivity index is 2.30. The summed E-state index contributed by atoms with van der Waals surface area (Å²) in [5, 5.41) is 3.60. The van der Waals surface area contributed by atoms with E-state index in [1.54, 1.807) is 17.0 Å². The lowest BCUT2D eigenvalue weighted by Gasteiger charge is -2.31. The molecular weight excluding hydrogens is 360 g/mol. The van der Waals surface area contributed by atoms with Crippen LogP contribution in [0.15, 0.2) is 54.6 Å². The zero-order chi connectivity index (χ0) is 19.6. The van der Waals surface area contributed by atoms with Crippen molar-refractivity contribution in [2.75, 3.05) is 6.54 Å². The van der Waals surface area contributed by atoms with Crippen molar-refractivity contribution in [2.45, 2.75) is 45.7 Å². The Morgan fingerprint density at radius 2 is 1.67 bits per heavy atom. The first kappa shape index (κ1) is 21.0. The van der Waals surface area contributed by atoms with Gasteiger partial charge in [-0.1, -0.05) is 67.9 Å². The maximum absolute atomic E-state index is 12.9. The standard InChI is InChI=1S/C22H27ClN2O2/c1-3-14-24-22(27)20(15-17-8-6-5-7-9-17)25(21(26)4-2)16-18-10-12-19(23)13-11-18/h5-13,20H,3-4,14-16H2,1-2H3,(H,24,27)/t20-/m0/s1. The molecule has 0 aliphatic rings. The van der Waals surface area contributed by atoms with E-state index in [2.05, 4.69) is 5.32 Å². The molecule has 2 rings (SSSR count). The fraction of sp³-hybridized carbons (Fsp3) is 0.364. The topological polar surface area (TPSA) is 49.4 Å². The number of hydrogen-bond donors (Lipinski definition) is 1. The van der Waals surface area contributed by atoms with Gasteiger partial charge in [-0.3, -0.25) is 9.59 Å². The van der Waals surface area contributed by atoms with Crippen LogP contribution >= 0.6 is 11.6 Å². The van der Waals surface area contributed by atoms with Crippen LogP contribution in [-0.2, 0) is 22.6 Å². The molecule has 0 bridgehead atoms. The van der Waals surface area contributed by atoms with Crippen LogP contribution in [0.5, 0.6) is 0 Å². The monoisotopic (exact) mass is 386 g/mol. The number of amides is 2. The summed E-state index contributed by atoms with van der Waals surface area (Å²) < 4.78 is 0. The van der Waals surface area contributed by atoms with Crippen LogP contribution in [0.4, 0.5) is 0 Å². The highest BCUT2D eigenvalue weighted by molar-refractivity contribution is 6.30. The van der Waals surface area contributed by atoms with E-state index in [9.17, 15) is 9.59 Å². The summed E-state index contributed by atoms with van der Waals surface area (Å²) in [7, 11) is 0. The summed E-state index contributed by atoms with van der Waals surface area (Å²) in [6.45, 7) is 4.80. The van der Waals surface area contributed by atoms with Gasteiger partial charge in [-0.2, -0.15) is 0 Å². The second-order valence-corrected chi connectivity index (χ2v) is 6.93. The molecule has 1 atom stereocenters. The Morgan fingerprint density at radius 1 is 1.00 bits per heavy atom. The van der Waals surface area contributed by atoms with E-state index in [0.717, 1.165) is 17.5 Å². The third-order valence-electron chi connectivity index (χ3n) is 4.39. The number of rotatable bonds is 9. The fourth-order valence-electron chi connectivity index (χ4n) is 2.91. The number of halogens is 1. The van der Waals surface area contributed by atoms with Crippen LogP contribution in [0, 0.1) is 0 Å². The quantitative estimate of drug-likeness (QED) is 0.701. The highest BCUT2D eigenvalue weighted by Crippen LogP contribution is 2.17. The third-order valence-corrected chi connectivity index (χ3v) is 4.64. The molecule has 0 heterocycles. The van der Waals surface area contributed by atoms with E-state index in [1.807, 2.05) is 56.3 Å². The largest absolute Gasteiger partial charge is 0.354 e. The SMILES string of the molecule is CCCNC(=O)[C@H](Cc1ccccc1)N(Cc1ccc(Cl)cc1)C(=O)CC. The summed E-state index contributed by atoms with van der Waals surface area (Å²) >= 11 is 5.97. The van der Waals surface area contributed by atoms with Crippen molar-refractivity contribution in [2.24, 2.45) is 0 Å². The van der Waals surface area contributed by atoms with Gasteiger partial charge in [-0.25, -0.2) is 0 Å². The van der Waals surface area contributed by atoms with Crippen molar-refractivity contribution in [1.29, 1.82) is 0 Å². The van der Waals surface area contributed by atoms with Crippen LogP contribution in [0.1, 0.15) is 37.8 Å². The molecule has 5 heteroatoms. The molecule has 0 saturated heterocycles. The molecule has 2 aromatic carbocycles. The van der Waals surface area contributed by atoms with Gasteiger partial charge in [-0.15, -0.1) is 0 Å². The summed E-state index contributed by atoms with van der Waals surface area (Å²) in [5.74, 6) is -0.158. The van der Waals surface area contributed by atoms with Crippen LogP contribution in [0.3, 0.4) is 0 Å². The Hall–Kier alpha value is -2.33. The maximum atomic E-state index is 12.9. The Labute approximate surface area is 166 Å². The average Bonchev–Trinajstić information content (AvgIpc) is 2.70. The molecule has 144 valence electrons. The van der Waals surface area contributed by atoms with Crippen molar-refractivity contribution in [3.63, 3.8) is 0 Å². The Bertz CT molecular complexity index is 732. The van der Waals surface area contributed by atoms with Gasteiger partial charge in [0.15, 0.2) is 0 Å². The van der Waals surface area contributed by atoms with Crippen LogP contribution in [0.2, 0.25) is 5.02 Å². The molecule has 0 radical (unpaired) electrons. The summed E-state index contributed by atoms with van der Waals surface area (Å²) in [4.78, 5) is 27.3. The van der Waals surface area contributed by atoms with Gasteiger partial charge in [-0.05, 0) is 29.7 Å². The van der Waals surface area contributed by atoms with E-state index in [4.69, 9.17) is 11.6 Å². The smallest absolute Gasteiger partial charge is 0.243 e. The average molecular weight is 387 g/mol. The zero-order valence-corrected chi connectivity index (χ0v) is 16.7. The molecule has 0 aromatic heterocycles. The first-order chi connectivity index (χ1) is 13.0. The van der Waals surface area contributed by atoms with E-state index >= 15 is 0 Å². The lowest BCUT2D eigenvalue weighted by Crippen LogP contribution is -2.50. The van der Waals surface area contributed by atoms with Gasteiger partial charge in [0.05, 0.1) is 0 Å². The van der Waals surface area contributed by atoms with Crippen LogP contribution in [-0.4, -0.2) is 29.3 Å². The molecule has 1 N–H and O–H groups in total. The Kier molecular flexibility index (Phi) is 8.34. The van der Waals surface area contributed by atoms with Crippen molar-refractivity contribution in [1.82, 2.24) is 10.2 Å². The molecular formula is C22H27ClN2O2. The minimum atomic E-state index is -0.554. The van der Waals surface area contributed by atoms with Crippen LogP contribution in [0.25, 0.3) is 0 Å². The lowest BCUT2D eigenvalue weighted by molar-refractivity contribution is -0.141. The number of nitrogens with one attached hydrogen (secondary N) is 1. The van der Waals surface area contributed by atoms with Gasteiger partial charge < -0.3 is 10.2 Å². The summed E-state index contributed by atoms with van der Waals surface area (Å²) in [6.07, 6.45) is 1.68. The molecule has 4 nitrogen and oxygen atoms in total. The minimum Gasteiger partial charge on any atom is -0.354 e. The van der Waals surface area contributed by atoms with E-state index in [0.29, 0.717) is 31.0 Å². The summed E-state index contributed by atoms with van der Waals surface area (Å²) in [5.41, 5.74) is 1.97.